The van der Waals surface area contributed by atoms with Gasteiger partial charge in [-0.15, -0.1) is 0 Å². The Hall–Kier alpha value is -2.31. The van der Waals surface area contributed by atoms with Crippen LogP contribution in [0, 0.1) is 4.91 Å². The minimum Gasteiger partial charge on any atom is -0.348 e. The maximum atomic E-state index is 12.0. The monoisotopic (exact) mass is 261 g/mol. The third-order valence-corrected chi connectivity index (χ3v) is 2.90. The molecule has 0 aliphatic rings. The van der Waals surface area contributed by atoms with Crippen molar-refractivity contribution in [1.82, 2.24) is 19.9 Å². The summed E-state index contributed by atoms with van der Waals surface area (Å²) in [7, 11) is 0. The maximum absolute atomic E-state index is 12.0. The zero-order valence-electron chi connectivity index (χ0n) is 10.8. The number of aromatic nitrogens is 3. The Kier molecular flexibility index (Phi) is 3.84. The van der Waals surface area contributed by atoms with Gasteiger partial charge in [0.05, 0.1) is 6.20 Å². The van der Waals surface area contributed by atoms with Crippen molar-refractivity contribution in [3.8, 4) is 0 Å². The van der Waals surface area contributed by atoms with Crippen molar-refractivity contribution in [2.24, 2.45) is 5.18 Å². The smallest absolute Gasteiger partial charge is 0.270 e. The summed E-state index contributed by atoms with van der Waals surface area (Å²) in [5, 5.41) is 9.70. The molecule has 2 aromatic rings. The molecule has 19 heavy (non-hydrogen) atoms. The average Bonchev–Trinajstić information content (AvgIpc) is 2.81. The molecule has 7 nitrogen and oxygen atoms in total. The Bertz CT molecular complexity index is 607. The molecule has 1 N–H and O–H groups in total. The summed E-state index contributed by atoms with van der Waals surface area (Å²) in [6.45, 7) is 3.91. The third-order valence-electron chi connectivity index (χ3n) is 2.90. The normalized spacial score (nSPS) is 12.3. The molecular weight excluding hydrogens is 246 g/mol. The van der Waals surface area contributed by atoms with E-state index in [2.05, 4.69) is 20.6 Å². The average molecular weight is 261 g/mol. The zero-order chi connectivity index (χ0) is 13.8. The molecule has 1 atom stereocenters. The topological polar surface area (TPSA) is 88.7 Å². The van der Waals surface area contributed by atoms with Gasteiger partial charge in [0.15, 0.2) is 5.65 Å². The van der Waals surface area contributed by atoms with Crippen molar-refractivity contribution in [2.75, 3.05) is 0 Å². The fourth-order valence-electron chi connectivity index (χ4n) is 1.62. The molecule has 0 saturated carbocycles. The number of hydrogen-bond acceptors (Lipinski definition) is 5. The summed E-state index contributed by atoms with van der Waals surface area (Å²) in [5.74, 6) is -0.233. The second kappa shape index (κ2) is 5.55. The van der Waals surface area contributed by atoms with Crippen LogP contribution < -0.4 is 5.32 Å². The van der Waals surface area contributed by atoms with E-state index in [0.29, 0.717) is 16.9 Å². The predicted molar refractivity (Wildman–Crippen MR) is 69.7 cm³/mol. The largest absolute Gasteiger partial charge is 0.348 e. The second-order valence-electron chi connectivity index (χ2n) is 4.32. The molecule has 0 aliphatic carbocycles. The van der Waals surface area contributed by atoms with Gasteiger partial charge in [0, 0.05) is 17.8 Å². The van der Waals surface area contributed by atoms with Crippen molar-refractivity contribution in [3.05, 3.63) is 34.6 Å². The number of fused-ring (bicyclic) bond motifs is 1. The highest BCUT2D eigenvalue weighted by atomic mass is 16.3. The summed E-state index contributed by atoms with van der Waals surface area (Å²) in [5.41, 5.74) is 1.39. The standard InChI is InChI=1S/C12H15N5O2/c1-3-8(2)15-12(18)10-4-5-17-11(16-10)9(6-13-17)7-14-19/h4-6,8H,3,7H2,1-2H3,(H,15,18). The number of nitrogens with one attached hydrogen (secondary N) is 1. The fourth-order valence-corrected chi connectivity index (χ4v) is 1.62. The first-order chi connectivity index (χ1) is 9.15. The van der Waals surface area contributed by atoms with Gasteiger partial charge in [0.25, 0.3) is 5.91 Å². The lowest BCUT2D eigenvalue weighted by Gasteiger charge is -2.10. The van der Waals surface area contributed by atoms with Crippen molar-refractivity contribution in [1.29, 1.82) is 0 Å². The van der Waals surface area contributed by atoms with E-state index in [9.17, 15) is 9.70 Å². The van der Waals surface area contributed by atoms with Gasteiger partial charge in [-0.3, -0.25) is 4.79 Å². The van der Waals surface area contributed by atoms with Crippen LogP contribution in [0.2, 0.25) is 0 Å². The molecule has 0 saturated heterocycles. The number of amides is 1. The lowest BCUT2D eigenvalue weighted by atomic mass is 10.2. The van der Waals surface area contributed by atoms with E-state index in [4.69, 9.17) is 0 Å². The molecule has 0 aliphatic heterocycles. The first-order valence-electron chi connectivity index (χ1n) is 6.09. The van der Waals surface area contributed by atoms with Crippen molar-refractivity contribution >= 4 is 11.6 Å². The number of nitroso groups, excluding NO2 is 1. The van der Waals surface area contributed by atoms with Crippen LogP contribution >= 0.6 is 0 Å². The van der Waals surface area contributed by atoms with Crippen molar-refractivity contribution < 1.29 is 4.79 Å². The van der Waals surface area contributed by atoms with Crippen LogP contribution in [0.5, 0.6) is 0 Å². The minimum atomic E-state index is -0.233. The van der Waals surface area contributed by atoms with Gasteiger partial charge in [-0.2, -0.15) is 10.0 Å². The summed E-state index contributed by atoms with van der Waals surface area (Å²) in [6.07, 6.45) is 4.02. The van der Waals surface area contributed by atoms with Gasteiger partial charge in [-0.25, -0.2) is 9.50 Å². The highest BCUT2D eigenvalue weighted by Crippen LogP contribution is 2.10. The predicted octanol–water partition coefficient (Wildman–Crippen LogP) is 1.52. The molecule has 0 spiro atoms. The maximum Gasteiger partial charge on any atom is 0.270 e. The lowest BCUT2D eigenvalue weighted by molar-refractivity contribution is 0.0934. The Morgan fingerprint density at radius 1 is 1.58 bits per heavy atom. The quantitative estimate of drug-likeness (QED) is 0.826. The second-order valence-corrected chi connectivity index (χ2v) is 4.32. The fraction of sp³-hybridized carbons (Fsp3) is 0.417. The Morgan fingerprint density at radius 3 is 3.05 bits per heavy atom. The van der Waals surface area contributed by atoms with Crippen LogP contribution in [-0.4, -0.2) is 26.5 Å². The summed E-state index contributed by atoms with van der Waals surface area (Å²) in [4.78, 5) is 26.5. The molecule has 0 bridgehead atoms. The Labute approximate surface area is 110 Å². The SMILES string of the molecule is CCC(C)NC(=O)c1ccn2ncc(CN=O)c2n1. The molecule has 0 radical (unpaired) electrons. The zero-order valence-corrected chi connectivity index (χ0v) is 10.8. The van der Waals surface area contributed by atoms with Gasteiger partial charge in [-0.05, 0) is 19.4 Å². The Balaban J connectivity index is 2.31. The van der Waals surface area contributed by atoms with Gasteiger partial charge < -0.3 is 5.32 Å². The van der Waals surface area contributed by atoms with E-state index in [1.807, 2.05) is 13.8 Å². The molecule has 2 aromatic heterocycles. The van der Waals surface area contributed by atoms with E-state index in [0.717, 1.165) is 6.42 Å². The first-order valence-corrected chi connectivity index (χ1v) is 6.09. The lowest BCUT2D eigenvalue weighted by Crippen LogP contribution is -2.32. The summed E-state index contributed by atoms with van der Waals surface area (Å²) in [6, 6.07) is 1.68. The third kappa shape index (κ3) is 2.75. The first kappa shape index (κ1) is 13.1. The van der Waals surface area contributed by atoms with Crippen LogP contribution in [0.3, 0.4) is 0 Å². The molecule has 7 heteroatoms. The highest BCUT2D eigenvalue weighted by Gasteiger charge is 2.13. The van der Waals surface area contributed by atoms with Gasteiger partial charge >= 0.3 is 0 Å². The van der Waals surface area contributed by atoms with Gasteiger partial charge in [0.1, 0.15) is 12.2 Å². The van der Waals surface area contributed by atoms with Gasteiger partial charge in [0.2, 0.25) is 0 Å². The summed E-state index contributed by atoms with van der Waals surface area (Å²) >= 11 is 0. The Morgan fingerprint density at radius 2 is 2.37 bits per heavy atom. The van der Waals surface area contributed by atoms with Gasteiger partial charge in [-0.1, -0.05) is 12.1 Å². The molecular formula is C12H15N5O2. The van der Waals surface area contributed by atoms with Crippen molar-refractivity contribution in [3.63, 3.8) is 0 Å². The van der Waals surface area contributed by atoms with E-state index in [-0.39, 0.29) is 18.5 Å². The number of hydrogen-bond donors (Lipinski definition) is 1. The number of carbonyl (C=O) groups is 1. The number of nitrogens with zero attached hydrogens (tertiary/aromatic N) is 4. The van der Waals surface area contributed by atoms with E-state index in [1.165, 1.54) is 10.7 Å². The molecule has 1 amide bonds. The molecule has 2 heterocycles. The number of rotatable bonds is 5. The van der Waals surface area contributed by atoms with E-state index in [1.54, 1.807) is 12.3 Å². The van der Waals surface area contributed by atoms with Crippen molar-refractivity contribution in [2.45, 2.75) is 32.9 Å². The number of carbonyl (C=O) groups excluding carboxylic acids is 1. The highest BCUT2D eigenvalue weighted by molar-refractivity contribution is 5.92. The molecule has 1 unspecified atom stereocenters. The molecule has 100 valence electrons. The van der Waals surface area contributed by atoms with E-state index < -0.39 is 0 Å². The molecule has 0 aromatic carbocycles. The summed E-state index contributed by atoms with van der Waals surface area (Å²) < 4.78 is 1.51. The molecule has 2 rings (SSSR count). The molecule has 0 fully saturated rings. The van der Waals surface area contributed by atoms with Crippen LogP contribution in [0.25, 0.3) is 5.65 Å². The van der Waals surface area contributed by atoms with E-state index >= 15 is 0 Å². The van der Waals surface area contributed by atoms with Crippen LogP contribution in [0.15, 0.2) is 23.6 Å². The van der Waals surface area contributed by atoms with Crippen LogP contribution in [0.1, 0.15) is 36.3 Å². The minimum absolute atomic E-state index is 0.00701. The van der Waals surface area contributed by atoms with Crippen LogP contribution in [-0.2, 0) is 6.54 Å². The van der Waals surface area contributed by atoms with Crippen LogP contribution in [0.4, 0.5) is 0 Å².